The van der Waals surface area contributed by atoms with Gasteiger partial charge in [-0.3, -0.25) is 9.48 Å². The number of pyridine rings is 1. The molecule has 10 heteroatoms. The van der Waals surface area contributed by atoms with E-state index in [-0.39, 0.29) is 12.0 Å². The zero-order chi connectivity index (χ0) is 25.5. The van der Waals surface area contributed by atoms with Gasteiger partial charge < -0.3 is 9.80 Å². The first kappa shape index (κ1) is 23.2. The summed E-state index contributed by atoms with van der Waals surface area (Å²) >= 11 is 0. The maximum atomic E-state index is 12.6. The number of hydrogen-bond donors (Lipinski definition) is 0. The Balaban J connectivity index is 1.28. The summed E-state index contributed by atoms with van der Waals surface area (Å²) in [6, 6.07) is 6.45. The highest BCUT2D eigenvalue weighted by molar-refractivity contribution is 5.83. The van der Waals surface area contributed by atoms with E-state index in [1.807, 2.05) is 34.1 Å². The Morgan fingerprint density at radius 1 is 1.03 bits per heavy atom. The quantitative estimate of drug-likeness (QED) is 0.417. The monoisotopic (exact) mass is 495 g/mol. The van der Waals surface area contributed by atoms with Crippen LogP contribution in [0.25, 0.3) is 28.0 Å². The van der Waals surface area contributed by atoms with Crippen LogP contribution in [0.3, 0.4) is 0 Å². The molecule has 10 nitrogen and oxygen atoms in total. The summed E-state index contributed by atoms with van der Waals surface area (Å²) in [6.45, 7) is 7.15. The van der Waals surface area contributed by atoms with Crippen molar-refractivity contribution in [3.05, 3.63) is 48.7 Å². The maximum Gasteiger partial charge on any atom is 0.225 e. The van der Waals surface area contributed by atoms with E-state index in [1.165, 1.54) is 6.42 Å². The number of carbonyl (C=O) groups is 1. The molecular weight excluding hydrogens is 466 g/mol. The highest BCUT2D eigenvalue weighted by Gasteiger charge is 2.31. The SMILES string of the molecule is CC(C)n1cc(-c2cn3ncc(C#N)c3c(-c3ccc(N4CCN(C(=O)C5CCC5)CC4)nc3)n2)cn1. The molecule has 6 rings (SSSR count). The van der Waals surface area contributed by atoms with E-state index in [0.29, 0.717) is 22.7 Å². The van der Waals surface area contributed by atoms with Gasteiger partial charge in [-0.2, -0.15) is 15.5 Å². The summed E-state index contributed by atoms with van der Waals surface area (Å²) in [6.07, 6.45) is 12.2. The van der Waals surface area contributed by atoms with Crippen molar-refractivity contribution in [3.63, 3.8) is 0 Å². The number of amides is 1. The van der Waals surface area contributed by atoms with Crippen LogP contribution in [0.2, 0.25) is 0 Å². The number of nitrogens with zero attached hydrogens (tertiary/aromatic N) is 9. The molecule has 0 spiro atoms. The first-order chi connectivity index (χ1) is 18.0. The van der Waals surface area contributed by atoms with E-state index in [4.69, 9.17) is 9.97 Å². The summed E-state index contributed by atoms with van der Waals surface area (Å²) in [7, 11) is 0. The minimum atomic E-state index is 0.238. The second-order valence-corrected chi connectivity index (χ2v) is 10.1. The lowest BCUT2D eigenvalue weighted by Crippen LogP contribution is -2.51. The standard InChI is InChI=1S/C27H29N9O/c1-18(2)35-16-22(15-30-35)23-17-36-26(21(12-28)14-31-36)25(32-23)20-6-7-24(29-13-20)33-8-10-34(11-9-33)27(37)19-4-3-5-19/h6-7,13-19H,3-5,8-11H2,1-2H3. The van der Waals surface area contributed by atoms with Crippen LogP contribution in [0.5, 0.6) is 0 Å². The van der Waals surface area contributed by atoms with Gasteiger partial charge in [0.25, 0.3) is 0 Å². The van der Waals surface area contributed by atoms with Crippen molar-refractivity contribution >= 4 is 17.2 Å². The normalized spacial score (nSPS) is 16.3. The lowest BCUT2D eigenvalue weighted by atomic mass is 9.84. The third-order valence-electron chi connectivity index (χ3n) is 7.43. The van der Waals surface area contributed by atoms with Crippen LogP contribution < -0.4 is 4.90 Å². The molecule has 1 aliphatic carbocycles. The molecule has 1 aliphatic heterocycles. The second kappa shape index (κ2) is 9.32. The van der Waals surface area contributed by atoms with Gasteiger partial charge in [0.1, 0.15) is 23.0 Å². The molecule has 1 saturated heterocycles. The van der Waals surface area contributed by atoms with Gasteiger partial charge in [0.15, 0.2) is 0 Å². The topological polar surface area (TPSA) is 108 Å². The van der Waals surface area contributed by atoms with Crippen LogP contribution in [0.1, 0.15) is 44.7 Å². The van der Waals surface area contributed by atoms with Crippen molar-refractivity contribution in [2.24, 2.45) is 5.92 Å². The third-order valence-corrected chi connectivity index (χ3v) is 7.43. The molecule has 0 atom stereocenters. The zero-order valence-corrected chi connectivity index (χ0v) is 21.1. The molecule has 0 bridgehead atoms. The molecule has 2 fully saturated rings. The number of rotatable bonds is 5. The Labute approximate surface area is 215 Å². The Morgan fingerprint density at radius 2 is 1.84 bits per heavy atom. The fraction of sp³-hybridized carbons (Fsp3) is 0.407. The minimum Gasteiger partial charge on any atom is -0.353 e. The van der Waals surface area contributed by atoms with Gasteiger partial charge in [0.2, 0.25) is 5.91 Å². The van der Waals surface area contributed by atoms with Gasteiger partial charge in [0, 0.05) is 61.7 Å². The van der Waals surface area contributed by atoms with Crippen LogP contribution in [0, 0.1) is 17.2 Å². The average Bonchev–Trinajstić information content (AvgIpc) is 3.55. The van der Waals surface area contributed by atoms with E-state index >= 15 is 0 Å². The number of fused-ring (bicyclic) bond motifs is 1. The Morgan fingerprint density at radius 3 is 2.46 bits per heavy atom. The van der Waals surface area contributed by atoms with Crippen LogP contribution in [-0.2, 0) is 4.79 Å². The zero-order valence-electron chi connectivity index (χ0n) is 21.1. The number of nitriles is 1. The van der Waals surface area contributed by atoms with Crippen molar-refractivity contribution in [3.8, 4) is 28.6 Å². The molecule has 4 aromatic heterocycles. The van der Waals surface area contributed by atoms with Crippen molar-refractivity contribution in [2.45, 2.75) is 39.2 Å². The van der Waals surface area contributed by atoms with Crippen molar-refractivity contribution < 1.29 is 4.79 Å². The van der Waals surface area contributed by atoms with Crippen molar-refractivity contribution in [2.75, 3.05) is 31.1 Å². The third kappa shape index (κ3) is 4.20. The second-order valence-electron chi connectivity index (χ2n) is 10.1. The first-order valence-electron chi connectivity index (χ1n) is 12.8. The molecular formula is C27H29N9O. The van der Waals surface area contributed by atoms with E-state index in [2.05, 4.69) is 35.0 Å². The Bertz CT molecular complexity index is 1480. The molecule has 37 heavy (non-hydrogen) atoms. The van der Waals surface area contributed by atoms with Crippen LogP contribution in [-0.4, -0.2) is 66.3 Å². The predicted molar refractivity (Wildman–Crippen MR) is 139 cm³/mol. The number of carbonyl (C=O) groups excluding carboxylic acids is 1. The first-order valence-corrected chi connectivity index (χ1v) is 12.8. The average molecular weight is 496 g/mol. The van der Waals surface area contributed by atoms with Crippen molar-refractivity contribution in [1.82, 2.24) is 34.3 Å². The van der Waals surface area contributed by atoms with Crippen LogP contribution >= 0.6 is 0 Å². The van der Waals surface area contributed by atoms with Crippen LogP contribution in [0.4, 0.5) is 5.82 Å². The summed E-state index contributed by atoms with van der Waals surface area (Å²) < 4.78 is 3.59. The Kier molecular flexibility index (Phi) is 5.83. The summed E-state index contributed by atoms with van der Waals surface area (Å²) in [5, 5.41) is 18.5. The molecule has 0 radical (unpaired) electrons. The number of aromatic nitrogens is 6. The fourth-order valence-electron chi connectivity index (χ4n) is 4.97. The highest BCUT2D eigenvalue weighted by atomic mass is 16.2. The smallest absolute Gasteiger partial charge is 0.225 e. The fourth-order valence-corrected chi connectivity index (χ4v) is 4.97. The summed E-state index contributed by atoms with van der Waals surface area (Å²) in [4.78, 5) is 26.5. The molecule has 5 heterocycles. The molecule has 0 N–H and O–H groups in total. The molecule has 188 valence electrons. The van der Waals surface area contributed by atoms with Gasteiger partial charge in [-0.15, -0.1) is 0 Å². The lowest BCUT2D eigenvalue weighted by Gasteiger charge is -2.38. The van der Waals surface area contributed by atoms with E-state index in [9.17, 15) is 10.1 Å². The summed E-state index contributed by atoms with van der Waals surface area (Å²) in [5.41, 5.74) is 4.17. The van der Waals surface area contributed by atoms with Crippen molar-refractivity contribution in [1.29, 1.82) is 5.26 Å². The predicted octanol–water partition coefficient (Wildman–Crippen LogP) is 3.56. The van der Waals surface area contributed by atoms with E-state index in [1.54, 1.807) is 23.1 Å². The van der Waals surface area contributed by atoms with Gasteiger partial charge in [-0.25, -0.2) is 14.5 Å². The molecule has 2 aliphatic rings. The minimum absolute atomic E-state index is 0.238. The highest BCUT2D eigenvalue weighted by Crippen LogP contribution is 2.31. The maximum absolute atomic E-state index is 12.6. The van der Waals surface area contributed by atoms with Gasteiger partial charge in [-0.1, -0.05) is 6.42 Å². The Hall–Kier alpha value is -4.26. The number of piperazine rings is 1. The van der Waals surface area contributed by atoms with Gasteiger partial charge in [-0.05, 0) is 38.8 Å². The lowest BCUT2D eigenvalue weighted by molar-refractivity contribution is -0.138. The molecule has 0 unspecified atom stereocenters. The van der Waals surface area contributed by atoms with Gasteiger partial charge >= 0.3 is 0 Å². The van der Waals surface area contributed by atoms with E-state index < -0.39 is 0 Å². The van der Waals surface area contributed by atoms with Crippen LogP contribution in [0.15, 0.2) is 43.1 Å². The largest absolute Gasteiger partial charge is 0.353 e. The van der Waals surface area contributed by atoms with E-state index in [0.717, 1.165) is 61.7 Å². The summed E-state index contributed by atoms with van der Waals surface area (Å²) in [5.74, 6) is 1.43. The van der Waals surface area contributed by atoms with Gasteiger partial charge in [0.05, 0.1) is 30.0 Å². The number of anilines is 1. The number of hydrogen-bond acceptors (Lipinski definition) is 7. The molecule has 1 saturated carbocycles. The molecule has 4 aromatic rings. The molecule has 1 amide bonds. The molecule has 0 aromatic carbocycles.